The minimum atomic E-state index is -3.33. The fourth-order valence-electron chi connectivity index (χ4n) is 0.325. The van der Waals surface area contributed by atoms with Crippen molar-refractivity contribution in [3.05, 3.63) is 0 Å². The maximum Gasteiger partial charge on any atom is 0.235 e. The Bertz CT molecular complexity index is 171. The third-order valence-electron chi connectivity index (χ3n) is 1.38. The minimum absolute atomic E-state index is 0.0903. The first-order chi connectivity index (χ1) is 3.85. The van der Waals surface area contributed by atoms with Crippen LogP contribution in [0.15, 0.2) is 0 Å². The second-order valence-corrected chi connectivity index (χ2v) is 5.41. The molecule has 0 rings (SSSR count). The van der Waals surface area contributed by atoms with Gasteiger partial charge in [-0.05, 0) is 12.8 Å². The van der Waals surface area contributed by atoms with Gasteiger partial charge in [-0.1, -0.05) is 13.8 Å². The number of hydrogen-bond donors (Lipinski definition) is 0. The molecule has 0 aliphatic rings. The van der Waals surface area contributed by atoms with E-state index in [1.54, 1.807) is 6.92 Å². The van der Waals surface area contributed by atoms with Crippen LogP contribution in [0.1, 0.15) is 20.8 Å². The fourth-order valence-corrected chi connectivity index (χ4v) is 1.59. The predicted octanol–water partition coefficient (Wildman–Crippen LogP) is 1.60. The van der Waals surface area contributed by atoms with Crippen molar-refractivity contribution < 1.29 is 8.42 Å². The standard InChI is InChI=1S/C5H11ClO2S/c1-4(2)5(3)9(6,7)8/h4-5H,1-3H3/t5-/m1/s1. The Morgan fingerprint density at radius 3 is 1.56 bits per heavy atom. The Morgan fingerprint density at radius 1 is 1.22 bits per heavy atom. The molecule has 0 N–H and O–H groups in total. The van der Waals surface area contributed by atoms with Gasteiger partial charge in [-0.3, -0.25) is 0 Å². The molecule has 0 aliphatic carbocycles. The summed E-state index contributed by atoms with van der Waals surface area (Å²) in [5, 5.41) is -0.445. The molecular formula is C5H11ClO2S. The van der Waals surface area contributed by atoms with Crippen LogP contribution in [0.5, 0.6) is 0 Å². The van der Waals surface area contributed by atoms with Crippen LogP contribution in [0.25, 0.3) is 0 Å². The van der Waals surface area contributed by atoms with Crippen LogP contribution >= 0.6 is 10.7 Å². The summed E-state index contributed by atoms with van der Waals surface area (Å²) in [6.45, 7) is 5.25. The Morgan fingerprint density at radius 2 is 1.56 bits per heavy atom. The monoisotopic (exact) mass is 170 g/mol. The van der Waals surface area contributed by atoms with Crippen molar-refractivity contribution in [2.24, 2.45) is 5.92 Å². The van der Waals surface area contributed by atoms with Gasteiger partial charge in [0.05, 0.1) is 5.25 Å². The van der Waals surface area contributed by atoms with E-state index in [2.05, 4.69) is 0 Å². The molecule has 9 heavy (non-hydrogen) atoms. The maximum atomic E-state index is 10.5. The summed E-state index contributed by atoms with van der Waals surface area (Å²) in [6, 6.07) is 0. The predicted molar refractivity (Wildman–Crippen MR) is 39.1 cm³/mol. The van der Waals surface area contributed by atoms with Gasteiger partial charge in [0, 0.05) is 10.7 Å². The van der Waals surface area contributed by atoms with Gasteiger partial charge in [0.1, 0.15) is 0 Å². The van der Waals surface area contributed by atoms with E-state index in [0.717, 1.165) is 0 Å². The average molecular weight is 171 g/mol. The minimum Gasteiger partial charge on any atom is -0.212 e. The number of halogens is 1. The second-order valence-electron chi connectivity index (χ2n) is 2.42. The largest absolute Gasteiger partial charge is 0.235 e. The summed E-state index contributed by atoms with van der Waals surface area (Å²) < 4.78 is 21.1. The molecule has 1 atom stereocenters. The van der Waals surface area contributed by atoms with Crippen molar-refractivity contribution in [3.8, 4) is 0 Å². The molecule has 2 nitrogen and oxygen atoms in total. The molecule has 56 valence electrons. The molecule has 0 aromatic heterocycles. The van der Waals surface area contributed by atoms with Gasteiger partial charge in [0.15, 0.2) is 0 Å². The molecule has 0 heterocycles. The third-order valence-corrected chi connectivity index (χ3v) is 3.66. The van der Waals surface area contributed by atoms with Crippen molar-refractivity contribution in [1.29, 1.82) is 0 Å². The van der Waals surface area contributed by atoms with Crippen LogP contribution in [0.4, 0.5) is 0 Å². The second kappa shape index (κ2) is 2.88. The van der Waals surface area contributed by atoms with Crippen LogP contribution in [-0.4, -0.2) is 13.7 Å². The summed E-state index contributed by atoms with van der Waals surface area (Å²) in [6.07, 6.45) is 0. The van der Waals surface area contributed by atoms with Gasteiger partial charge in [-0.2, -0.15) is 0 Å². The molecule has 4 heteroatoms. The van der Waals surface area contributed by atoms with Gasteiger partial charge in [-0.15, -0.1) is 0 Å². The number of hydrogen-bond acceptors (Lipinski definition) is 2. The van der Waals surface area contributed by atoms with Crippen LogP contribution in [0, 0.1) is 5.92 Å². The summed E-state index contributed by atoms with van der Waals surface area (Å²) in [5.74, 6) is 0.0903. The zero-order chi connectivity index (χ0) is 7.65. The highest BCUT2D eigenvalue weighted by Crippen LogP contribution is 2.14. The zero-order valence-corrected chi connectivity index (χ0v) is 7.33. The van der Waals surface area contributed by atoms with E-state index in [-0.39, 0.29) is 5.92 Å². The summed E-state index contributed by atoms with van der Waals surface area (Å²) in [7, 11) is 1.72. The maximum absolute atomic E-state index is 10.5. The van der Waals surface area contributed by atoms with Crippen molar-refractivity contribution in [2.45, 2.75) is 26.0 Å². The van der Waals surface area contributed by atoms with E-state index in [9.17, 15) is 8.42 Å². The molecule has 0 saturated heterocycles. The lowest BCUT2D eigenvalue weighted by Gasteiger charge is -2.09. The lowest BCUT2D eigenvalue weighted by atomic mass is 10.2. The molecule has 0 radical (unpaired) electrons. The van der Waals surface area contributed by atoms with E-state index in [4.69, 9.17) is 10.7 Å². The van der Waals surface area contributed by atoms with Crippen LogP contribution in [0.3, 0.4) is 0 Å². The highest BCUT2D eigenvalue weighted by Gasteiger charge is 2.20. The molecule has 0 aromatic carbocycles. The molecule has 0 aromatic rings. The van der Waals surface area contributed by atoms with Gasteiger partial charge in [0.2, 0.25) is 9.05 Å². The summed E-state index contributed by atoms with van der Waals surface area (Å²) in [5.41, 5.74) is 0. The highest BCUT2D eigenvalue weighted by atomic mass is 35.7. The first-order valence-corrected chi connectivity index (χ1v) is 5.16. The van der Waals surface area contributed by atoms with Crippen LogP contribution < -0.4 is 0 Å². The Hall–Kier alpha value is 0.240. The third kappa shape index (κ3) is 3.06. The molecule has 0 amide bonds. The van der Waals surface area contributed by atoms with E-state index in [0.29, 0.717) is 0 Å². The Kier molecular flexibility index (Phi) is 2.96. The van der Waals surface area contributed by atoms with E-state index in [1.807, 2.05) is 13.8 Å². The first kappa shape index (κ1) is 9.24. The molecule has 0 spiro atoms. The van der Waals surface area contributed by atoms with Crippen molar-refractivity contribution in [3.63, 3.8) is 0 Å². The molecule has 0 saturated carbocycles. The van der Waals surface area contributed by atoms with Crippen molar-refractivity contribution in [2.75, 3.05) is 0 Å². The molecule has 0 unspecified atom stereocenters. The summed E-state index contributed by atoms with van der Waals surface area (Å²) in [4.78, 5) is 0. The van der Waals surface area contributed by atoms with Gasteiger partial charge in [0.25, 0.3) is 0 Å². The summed E-state index contributed by atoms with van der Waals surface area (Å²) >= 11 is 0. The van der Waals surface area contributed by atoms with E-state index < -0.39 is 14.3 Å². The fraction of sp³-hybridized carbons (Fsp3) is 1.00. The van der Waals surface area contributed by atoms with Crippen molar-refractivity contribution >= 4 is 19.7 Å². The lowest BCUT2D eigenvalue weighted by Crippen LogP contribution is -2.18. The molecule has 0 aliphatic heterocycles. The van der Waals surface area contributed by atoms with Gasteiger partial charge in [-0.25, -0.2) is 8.42 Å². The lowest BCUT2D eigenvalue weighted by molar-refractivity contribution is 0.559. The van der Waals surface area contributed by atoms with Gasteiger partial charge >= 0.3 is 0 Å². The molecule has 0 bridgehead atoms. The van der Waals surface area contributed by atoms with E-state index >= 15 is 0 Å². The topological polar surface area (TPSA) is 34.1 Å². The smallest absolute Gasteiger partial charge is 0.212 e. The molecule has 0 fully saturated rings. The molecular weight excluding hydrogens is 160 g/mol. The SMILES string of the molecule is CC(C)[C@@H](C)S(=O)(=O)Cl. The quantitative estimate of drug-likeness (QED) is 0.590. The van der Waals surface area contributed by atoms with Gasteiger partial charge < -0.3 is 0 Å². The van der Waals surface area contributed by atoms with Crippen LogP contribution in [0.2, 0.25) is 0 Å². The van der Waals surface area contributed by atoms with Crippen molar-refractivity contribution in [1.82, 2.24) is 0 Å². The zero-order valence-electron chi connectivity index (χ0n) is 5.76. The van der Waals surface area contributed by atoms with Crippen LogP contribution in [-0.2, 0) is 9.05 Å². The Balaban J connectivity index is 4.24. The van der Waals surface area contributed by atoms with E-state index in [1.165, 1.54) is 0 Å². The normalized spacial score (nSPS) is 16.1. The first-order valence-electron chi connectivity index (χ1n) is 2.79. The number of rotatable bonds is 2. The average Bonchev–Trinajstić information content (AvgIpc) is 1.62. The highest BCUT2D eigenvalue weighted by molar-refractivity contribution is 8.14. The Labute approximate surface area is 60.6 Å².